The van der Waals surface area contributed by atoms with Crippen LogP contribution >= 0.6 is 0 Å². The van der Waals surface area contributed by atoms with Crippen molar-refractivity contribution < 1.29 is 38.1 Å². The zero-order valence-electron chi connectivity index (χ0n) is 19.3. The molecule has 2 heterocycles. The van der Waals surface area contributed by atoms with Crippen LogP contribution in [0.4, 0.5) is 0 Å². The van der Waals surface area contributed by atoms with Crippen LogP contribution in [0, 0.1) is 17.8 Å². The molecule has 0 N–H and O–H groups in total. The van der Waals surface area contributed by atoms with E-state index in [2.05, 4.69) is 0 Å². The van der Waals surface area contributed by atoms with Crippen molar-refractivity contribution in [2.24, 2.45) is 17.8 Å². The Bertz CT molecular complexity index is 697. The molecule has 0 aromatic carbocycles. The van der Waals surface area contributed by atoms with Gasteiger partial charge in [0.25, 0.3) is 0 Å². The van der Waals surface area contributed by atoms with Crippen LogP contribution in [0.1, 0.15) is 27.7 Å². The number of carbonyl (C=O) groups excluding carboxylic acids is 4. The van der Waals surface area contributed by atoms with E-state index in [9.17, 15) is 19.2 Å². The fourth-order valence-electron chi connectivity index (χ4n) is 4.13. The number of hydrogen-bond donors (Lipinski definition) is 0. The van der Waals surface area contributed by atoms with Crippen molar-refractivity contribution in [3.05, 3.63) is 11.6 Å². The number of esters is 4. The lowest BCUT2D eigenvalue weighted by Gasteiger charge is -2.23. The third kappa shape index (κ3) is 6.77. The largest absolute Gasteiger partial charge is 0.466 e. The van der Waals surface area contributed by atoms with Gasteiger partial charge in [0.2, 0.25) is 0 Å². The lowest BCUT2D eigenvalue weighted by atomic mass is 9.96. The van der Waals surface area contributed by atoms with Crippen LogP contribution in [0.3, 0.4) is 0 Å². The van der Waals surface area contributed by atoms with Crippen molar-refractivity contribution in [1.29, 1.82) is 0 Å². The SMILES string of the molecule is CCOC(=O)C=C1CN(CN2C[C@H](C(=O)OCC)[C@@H](C(=O)OCC)C2)C[C@@H]1C(=O)OCC. The summed E-state index contributed by atoms with van der Waals surface area (Å²) in [5.74, 6) is -3.49. The first-order valence-corrected chi connectivity index (χ1v) is 11.2. The van der Waals surface area contributed by atoms with Gasteiger partial charge in [0.05, 0.1) is 50.8 Å². The monoisotopic (exact) mass is 454 g/mol. The van der Waals surface area contributed by atoms with Gasteiger partial charge >= 0.3 is 23.9 Å². The molecule has 0 aromatic heterocycles. The first-order valence-electron chi connectivity index (χ1n) is 11.2. The van der Waals surface area contributed by atoms with Gasteiger partial charge in [-0.2, -0.15) is 0 Å². The van der Waals surface area contributed by atoms with Crippen molar-refractivity contribution in [2.45, 2.75) is 27.7 Å². The Balaban J connectivity index is 2.11. The molecule has 10 heteroatoms. The Morgan fingerprint density at radius 1 is 0.750 bits per heavy atom. The van der Waals surface area contributed by atoms with Gasteiger partial charge in [-0.1, -0.05) is 0 Å². The summed E-state index contributed by atoms with van der Waals surface area (Å²) in [6, 6.07) is 0. The van der Waals surface area contributed by atoms with Gasteiger partial charge in [0.1, 0.15) is 0 Å². The van der Waals surface area contributed by atoms with Crippen LogP contribution in [0.25, 0.3) is 0 Å². The Morgan fingerprint density at radius 2 is 1.25 bits per heavy atom. The predicted octanol–water partition coefficient (Wildman–Crippen LogP) is 0.603. The molecule has 0 aromatic rings. The maximum Gasteiger partial charge on any atom is 0.330 e. The second kappa shape index (κ2) is 12.5. The molecule has 0 saturated carbocycles. The standard InChI is InChI=1S/C22H34N2O8/c1-5-29-19(25)9-15-10-23(11-16(15)20(26)30-6-2)14-24-12-17(21(27)31-7-3)18(13-24)22(28)32-8-4/h9,16-18H,5-8,10-14H2,1-4H3/t16-,17-,18-/m0/s1. The Hall–Kier alpha value is -2.46. The Labute approximate surface area is 188 Å². The molecule has 2 rings (SSSR count). The highest BCUT2D eigenvalue weighted by molar-refractivity contribution is 5.86. The smallest absolute Gasteiger partial charge is 0.330 e. The minimum atomic E-state index is -0.605. The topological polar surface area (TPSA) is 112 Å². The summed E-state index contributed by atoms with van der Waals surface area (Å²) >= 11 is 0. The number of rotatable bonds is 10. The van der Waals surface area contributed by atoms with Gasteiger partial charge in [-0.15, -0.1) is 0 Å². The Morgan fingerprint density at radius 3 is 1.75 bits per heavy atom. The summed E-state index contributed by atoms with van der Waals surface area (Å²) in [6.07, 6.45) is 1.36. The van der Waals surface area contributed by atoms with Crippen LogP contribution in [0.15, 0.2) is 11.6 Å². The van der Waals surface area contributed by atoms with E-state index in [1.165, 1.54) is 6.08 Å². The van der Waals surface area contributed by atoms with Gasteiger partial charge < -0.3 is 18.9 Å². The predicted molar refractivity (Wildman–Crippen MR) is 113 cm³/mol. The van der Waals surface area contributed by atoms with E-state index in [1.807, 2.05) is 9.80 Å². The van der Waals surface area contributed by atoms with Crippen molar-refractivity contribution in [3.63, 3.8) is 0 Å². The summed E-state index contributed by atoms with van der Waals surface area (Å²) in [5.41, 5.74) is 0.630. The quantitative estimate of drug-likeness (QED) is 0.264. The van der Waals surface area contributed by atoms with Gasteiger partial charge in [-0.3, -0.25) is 24.2 Å². The van der Waals surface area contributed by atoms with Gasteiger partial charge in [0.15, 0.2) is 0 Å². The van der Waals surface area contributed by atoms with E-state index < -0.39 is 35.7 Å². The number of carbonyl (C=O) groups is 4. The molecule has 3 atom stereocenters. The molecule has 32 heavy (non-hydrogen) atoms. The summed E-state index contributed by atoms with van der Waals surface area (Å²) in [7, 11) is 0. The molecule has 0 radical (unpaired) electrons. The number of nitrogens with zero attached hydrogens (tertiary/aromatic N) is 2. The molecule has 0 amide bonds. The molecule has 2 fully saturated rings. The normalized spacial score (nSPS) is 25.0. The molecule has 10 nitrogen and oxygen atoms in total. The van der Waals surface area contributed by atoms with E-state index >= 15 is 0 Å². The molecule has 2 aliphatic rings. The fourth-order valence-corrected chi connectivity index (χ4v) is 4.13. The minimum absolute atomic E-state index is 0.236. The maximum atomic E-state index is 12.4. The molecule has 0 bridgehead atoms. The number of hydrogen-bond acceptors (Lipinski definition) is 10. The van der Waals surface area contributed by atoms with Gasteiger partial charge in [0, 0.05) is 32.3 Å². The van der Waals surface area contributed by atoms with Gasteiger partial charge in [-0.05, 0) is 33.3 Å². The highest BCUT2D eigenvalue weighted by Crippen LogP contribution is 2.29. The van der Waals surface area contributed by atoms with Gasteiger partial charge in [-0.25, -0.2) is 4.79 Å². The zero-order chi connectivity index (χ0) is 23.7. The molecule has 0 unspecified atom stereocenters. The average Bonchev–Trinajstić information content (AvgIpc) is 3.33. The molecule has 2 aliphatic heterocycles. The second-order valence-electron chi connectivity index (χ2n) is 7.68. The van der Waals surface area contributed by atoms with Crippen LogP contribution in [-0.2, 0) is 38.1 Å². The number of likely N-dealkylation sites (tertiary alicyclic amines) is 2. The summed E-state index contributed by atoms with van der Waals surface area (Å²) in [5, 5.41) is 0. The van der Waals surface area contributed by atoms with E-state index in [0.29, 0.717) is 38.4 Å². The van der Waals surface area contributed by atoms with Crippen molar-refractivity contribution in [3.8, 4) is 0 Å². The molecule has 0 spiro atoms. The van der Waals surface area contributed by atoms with Crippen LogP contribution in [-0.4, -0.2) is 93.0 Å². The maximum absolute atomic E-state index is 12.4. The van der Waals surface area contributed by atoms with Crippen molar-refractivity contribution in [1.82, 2.24) is 9.80 Å². The zero-order valence-corrected chi connectivity index (χ0v) is 19.3. The highest BCUT2D eigenvalue weighted by Gasteiger charge is 2.45. The Kier molecular flexibility index (Phi) is 10.1. The van der Waals surface area contributed by atoms with Crippen LogP contribution in [0.2, 0.25) is 0 Å². The van der Waals surface area contributed by atoms with E-state index in [0.717, 1.165) is 0 Å². The molecular formula is C22H34N2O8. The molecular weight excluding hydrogens is 420 g/mol. The molecule has 2 saturated heterocycles. The first kappa shape index (κ1) is 25.8. The molecule has 180 valence electrons. The third-order valence-electron chi connectivity index (χ3n) is 5.43. The van der Waals surface area contributed by atoms with Crippen LogP contribution < -0.4 is 0 Å². The fraction of sp³-hybridized carbons (Fsp3) is 0.727. The summed E-state index contributed by atoms with van der Waals surface area (Å²) in [6.45, 7) is 9.72. The van der Waals surface area contributed by atoms with E-state index in [-0.39, 0.29) is 32.4 Å². The van der Waals surface area contributed by atoms with Crippen molar-refractivity contribution in [2.75, 3.05) is 59.3 Å². The lowest BCUT2D eigenvalue weighted by molar-refractivity contribution is -0.157. The lowest BCUT2D eigenvalue weighted by Crippen LogP contribution is -2.36. The number of ether oxygens (including phenoxy) is 4. The first-order chi connectivity index (χ1) is 15.3. The second-order valence-corrected chi connectivity index (χ2v) is 7.68. The molecule has 0 aliphatic carbocycles. The third-order valence-corrected chi connectivity index (χ3v) is 5.43. The van der Waals surface area contributed by atoms with Crippen LogP contribution in [0.5, 0.6) is 0 Å². The average molecular weight is 455 g/mol. The summed E-state index contributed by atoms with van der Waals surface area (Å²) < 4.78 is 20.5. The highest BCUT2D eigenvalue weighted by atomic mass is 16.5. The summed E-state index contributed by atoms with van der Waals surface area (Å²) in [4.78, 5) is 53.1. The van der Waals surface area contributed by atoms with Crippen molar-refractivity contribution >= 4 is 23.9 Å². The van der Waals surface area contributed by atoms with E-state index in [1.54, 1.807) is 27.7 Å². The minimum Gasteiger partial charge on any atom is -0.466 e. The van der Waals surface area contributed by atoms with E-state index in [4.69, 9.17) is 18.9 Å².